The summed E-state index contributed by atoms with van der Waals surface area (Å²) in [5, 5.41) is 6.33. The number of fused-ring (bicyclic) bond motifs is 1. The van der Waals surface area contributed by atoms with E-state index in [1.165, 1.54) is 34.4 Å². The number of thioether (sulfide) groups is 1. The lowest BCUT2D eigenvalue weighted by Crippen LogP contribution is -2.15. The highest BCUT2D eigenvalue weighted by Crippen LogP contribution is 2.28. The standard InChI is InChI=1S/C19H16N4O2S3/c1-10-11(2)28-17-15(10)16(25)22-19(23-17)27-9-14(24)21-18-20-13(8-26-18)12-6-4-3-5-7-12/h3-8H,9H2,1-2H3,(H,20,21,24)(H,22,23,25). The van der Waals surface area contributed by atoms with Gasteiger partial charge in [0, 0.05) is 15.8 Å². The van der Waals surface area contributed by atoms with Crippen LogP contribution in [-0.4, -0.2) is 26.6 Å². The van der Waals surface area contributed by atoms with Gasteiger partial charge in [0.25, 0.3) is 5.56 Å². The molecule has 3 aromatic heterocycles. The Hall–Kier alpha value is -2.49. The number of amides is 1. The van der Waals surface area contributed by atoms with Gasteiger partial charge >= 0.3 is 0 Å². The first-order chi connectivity index (χ1) is 13.5. The number of H-pyrrole nitrogens is 1. The number of aryl methyl sites for hydroxylation is 2. The molecule has 2 N–H and O–H groups in total. The fourth-order valence-electron chi connectivity index (χ4n) is 2.67. The van der Waals surface area contributed by atoms with Crippen molar-refractivity contribution in [1.29, 1.82) is 0 Å². The minimum absolute atomic E-state index is 0.137. The lowest BCUT2D eigenvalue weighted by atomic mass is 10.2. The average Bonchev–Trinajstić information content (AvgIpc) is 3.25. The van der Waals surface area contributed by atoms with Crippen molar-refractivity contribution in [2.75, 3.05) is 11.1 Å². The summed E-state index contributed by atoms with van der Waals surface area (Å²) in [6.45, 7) is 3.89. The Kier molecular flexibility index (Phi) is 5.29. The topological polar surface area (TPSA) is 87.7 Å². The summed E-state index contributed by atoms with van der Waals surface area (Å²) < 4.78 is 0. The van der Waals surface area contributed by atoms with Crippen molar-refractivity contribution in [3.05, 3.63) is 56.5 Å². The second-order valence-corrected chi connectivity index (χ2v) is 9.10. The number of thiophene rings is 1. The van der Waals surface area contributed by atoms with Gasteiger partial charge in [0.1, 0.15) is 4.83 Å². The predicted octanol–water partition coefficient (Wildman–Crippen LogP) is 4.46. The van der Waals surface area contributed by atoms with Crippen LogP contribution in [0.1, 0.15) is 10.4 Å². The van der Waals surface area contributed by atoms with Crippen LogP contribution >= 0.6 is 34.4 Å². The second-order valence-electron chi connectivity index (χ2n) is 6.08. The first-order valence-corrected chi connectivity index (χ1v) is 11.1. The van der Waals surface area contributed by atoms with Gasteiger partial charge < -0.3 is 10.3 Å². The number of thiazole rings is 1. The fraction of sp³-hybridized carbons (Fsp3) is 0.158. The molecule has 0 saturated heterocycles. The molecule has 3 heterocycles. The Morgan fingerprint density at radius 1 is 1.21 bits per heavy atom. The highest BCUT2D eigenvalue weighted by Gasteiger charge is 2.14. The van der Waals surface area contributed by atoms with Crippen molar-refractivity contribution < 1.29 is 4.79 Å². The number of carbonyl (C=O) groups is 1. The monoisotopic (exact) mass is 428 g/mol. The van der Waals surface area contributed by atoms with Crippen molar-refractivity contribution >= 4 is 55.7 Å². The minimum Gasteiger partial charge on any atom is -0.301 e. The van der Waals surface area contributed by atoms with E-state index in [1.807, 2.05) is 49.6 Å². The number of benzene rings is 1. The number of anilines is 1. The summed E-state index contributed by atoms with van der Waals surface area (Å²) in [7, 11) is 0. The van der Waals surface area contributed by atoms with Crippen LogP contribution in [0.15, 0.2) is 45.7 Å². The molecule has 1 amide bonds. The maximum absolute atomic E-state index is 12.3. The van der Waals surface area contributed by atoms with Gasteiger partial charge in [0.15, 0.2) is 10.3 Å². The molecular weight excluding hydrogens is 412 g/mol. The van der Waals surface area contributed by atoms with Crippen molar-refractivity contribution in [2.45, 2.75) is 19.0 Å². The molecule has 0 aliphatic carbocycles. The Labute approximate surface area is 173 Å². The second kappa shape index (κ2) is 7.86. The lowest BCUT2D eigenvalue weighted by Gasteiger charge is -2.02. The molecule has 0 radical (unpaired) electrons. The molecule has 0 spiro atoms. The molecular formula is C19H16N4O2S3. The summed E-state index contributed by atoms with van der Waals surface area (Å²) >= 11 is 4.07. The first-order valence-electron chi connectivity index (χ1n) is 8.45. The zero-order valence-corrected chi connectivity index (χ0v) is 17.6. The molecule has 4 aromatic rings. The van der Waals surface area contributed by atoms with Crippen LogP contribution in [-0.2, 0) is 4.79 Å². The van der Waals surface area contributed by atoms with E-state index >= 15 is 0 Å². The number of rotatable bonds is 5. The average molecular weight is 429 g/mol. The van der Waals surface area contributed by atoms with Crippen molar-refractivity contribution in [2.24, 2.45) is 0 Å². The number of aromatic amines is 1. The Morgan fingerprint density at radius 2 is 2.00 bits per heavy atom. The van der Waals surface area contributed by atoms with Gasteiger partial charge in [-0.3, -0.25) is 9.59 Å². The molecule has 0 fully saturated rings. The van der Waals surface area contributed by atoms with Crippen LogP contribution in [0.4, 0.5) is 5.13 Å². The molecule has 9 heteroatoms. The van der Waals surface area contributed by atoms with E-state index in [0.29, 0.717) is 20.5 Å². The molecule has 28 heavy (non-hydrogen) atoms. The zero-order valence-electron chi connectivity index (χ0n) is 15.1. The van der Waals surface area contributed by atoms with E-state index in [9.17, 15) is 9.59 Å². The number of hydrogen-bond acceptors (Lipinski definition) is 7. The van der Waals surface area contributed by atoms with Gasteiger partial charge in [-0.05, 0) is 19.4 Å². The number of hydrogen-bond donors (Lipinski definition) is 2. The summed E-state index contributed by atoms with van der Waals surface area (Å²) in [4.78, 5) is 38.0. The first kappa shape index (κ1) is 18.9. The van der Waals surface area contributed by atoms with E-state index in [0.717, 1.165) is 21.7 Å². The number of nitrogens with zero attached hydrogens (tertiary/aromatic N) is 2. The fourth-order valence-corrected chi connectivity index (χ4v) is 5.15. The maximum atomic E-state index is 12.3. The molecule has 0 aliphatic heterocycles. The number of aromatic nitrogens is 3. The largest absolute Gasteiger partial charge is 0.301 e. The summed E-state index contributed by atoms with van der Waals surface area (Å²) in [5.74, 6) is -0.0573. The van der Waals surface area contributed by atoms with Crippen LogP contribution in [0.2, 0.25) is 0 Å². The summed E-state index contributed by atoms with van der Waals surface area (Å²) in [6.07, 6.45) is 0. The van der Waals surface area contributed by atoms with Gasteiger partial charge in [-0.15, -0.1) is 22.7 Å². The molecule has 0 bridgehead atoms. The quantitative estimate of drug-likeness (QED) is 0.362. The summed E-state index contributed by atoms with van der Waals surface area (Å²) in [6, 6.07) is 9.80. The predicted molar refractivity (Wildman–Crippen MR) is 117 cm³/mol. The molecule has 1 aromatic carbocycles. The van der Waals surface area contributed by atoms with Crippen LogP contribution < -0.4 is 10.9 Å². The number of carbonyl (C=O) groups excluding carboxylic acids is 1. The molecule has 0 atom stereocenters. The van der Waals surface area contributed by atoms with Crippen LogP contribution in [0.5, 0.6) is 0 Å². The SMILES string of the molecule is Cc1sc2nc(SCC(=O)Nc3nc(-c4ccccc4)cs3)[nH]c(=O)c2c1C. The van der Waals surface area contributed by atoms with Crippen molar-refractivity contribution in [3.63, 3.8) is 0 Å². The maximum Gasteiger partial charge on any atom is 0.260 e. The van der Waals surface area contributed by atoms with Gasteiger partial charge in [0.2, 0.25) is 5.91 Å². The van der Waals surface area contributed by atoms with Crippen molar-refractivity contribution in [1.82, 2.24) is 15.0 Å². The molecule has 142 valence electrons. The van der Waals surface area contributed by atoms with E-state index < -0.39 is 0 Å². The third-order valence-electron chi connectivity index (χ3n) is 4.18. The van der Waals surface area contributed by atoms with E-state index in [2.05, 4.69) is 20.3 Å². The third kappa shape index (κ3) is 3.87. The molecule has 4 rings (SSSR count). The molecule has 0 saturated carbocycles. The summed E-state index contributed by atoms with van der Waals surface area (Å²) in [5.41, 5.74) is 2.63. The highest BCUT2D eigenvalue weighted by atomic mass is 32.2. The third-order valence-corrected chi connectivity index (χ3v) is 6.91. The van der Waals surface area contributed by atoms with Crippen LogP contribution in [0, 0.1) is 13.8 Å². The van der Waals surface area contributed by atoms with Crippen LogP contribution in [0.25, 0.3) is 21.5 Å². The van der Waals surface area contributed by atoms with Gasteiger partial charge in [-0.2, -0.15) is 0 Å². The normalized spacial score (nSPS) is 11.1. The lowest BCUT2D eigenvalue weighted by molar-refractivity contribution is -0.113. The molecule has 6 nitrogen and oxygen atoms in total. The molecule has 0 unspecified atom stereocenters. The van der Waals surface area contributed by atoms with Gasteiger partial charge in [0.05, 0.1) is 16.8 Å². The van der Waals surface area contributed by atoms with Crippen LogP contribution in [0.3, 0.4) is 0 Å². The number of nitrogens with one attached hydrogen (secondary N) is 2. The van der Waals surface area contributed by atoms with E-state index in [4.69, 9.17) is 0 Å². The Morgan fingerprint density at radius 3 is 2.79 bits per heavy atom. The van der Waals surface area contributed by atoms with Gasteiger partial charge in [-0.25, -0.2) is 9.97 Å². The van der Waals surface area contributed by atoms with Crippen molar-refractivity contribution in [3.8, 4) is 11.3 Å². The van der Waals surface area contributed by atoms with E-state index in [-0.39, 0.29) is 17.2 Å². The smallest absolute Gasteiger partial charge is 0.260 e. The minimum atomic E-state index is -0.194. The molecule has 0 aliphatic rings. The van der Waals surface area contributed by atoms with E-state index in [1.54, 1.807) is 0 Å². The highest BCUT2D eigenvalue weighted by molar-refractivity contribution is 7.99. The Bertz CT molecular complexity index is 1210. The van der Waals surface area contributed by atoms with Gasteiger partial charge in [-0.1, -0.05) is 42.1 Å². The Balaban J connectivity index is 1.42. The zero-order chi connectivity index (χ0) is 19.7.